The van der Waals surface area contributed by atoms with Gasteiger partial charge < -0.3 is 18.6 Å². The first-order valence-corrected chi connectivity index (χ1v) is 27.1. The fourth-order valence-electron chi connectivity index (χ4n) is 13.8. The number of benzene rings is 12. The molecule has 2 aromatic heterocycles. The van der Waals surface area contributed by atoms with E-state index < -0.39 is 5.41 Å². The van der Waals surface area contributed by atoms with Crippen molar-refractivity contribution in [2.45, 2.75) is 19.3 Å². The number of rotatable bonds is 8. The predicted octanol–water partition coefficient (Wildman–Crippen LogP) is 21.0. The van der Waals surface area contributed by atoms with Crippen molar-refractivity contribution in [1.29, 1.82) is 0 Å². The molecular formula is C75H50N2O2. The monoisotopic (exact) mass is 1010 g/mol. The molecule has 14 aromatic rings. The van der Waals surface area contributed by atoms with Gasteiger partial charge in [-0.3, -0.25) is 0 Å². The minimum absolute atomic E-state index is 0.706. The van der Waals surface area contributed by atoms with Gasteiger partial charge in [0.15, 0.2) is 11.2 Å². The summed E-state index contributed by atoms with van der Waals surface area (Å²) in [4.78, 5) is 4.73. The summed E-state index contributed by atoms with van der Waals surface area (Å²) in [7, 11) is 0. The van der Waals surface area contributed by atoms with E-state index in [1.807, 2.05) is 24.3 Å². The van der Waals surface area contributed by atoms with Crippen LogP contribution in [-0.2, 0) is 5.41 Å². The Morgan fingerprint density at radius 3 is 1.41 bits per heavy atom. The highest BCUT2D eigenvalue weighted by Crippen LogP contribution is 2.66. The van der Waals surface area contributed by atoms with Crippen LogP contribution >= 0.6 is 0 Å². The Kier molecular flexibility index (Phi) is 9.65. The largest absolute Gasteiger partial charge is 0.454 e. The summed E-state index contributed by atoms with van der Waals surface area (Å²) in [5, 5.41) is 9.09. The number of para-hydroxylation sites is 4. The highest BCUT2D eigenvalue weighted by Gasteiger charge is 2.54. The van der Waals surface area contributed by atoms with Crippen molar-refractivity contribution in [1.82, 2.24) is 0 Å². The number of fused-ring (bicyclic) bond motifs is 20. The van der Waals surface area contributed by atoms with Gasteiger partial charge in [-0.15, -0.1) is 0 Å². The van der Waals surface area contributed by atoms with E-state index in [1.54, 1.807) is 0 Å². The third-order valence-electron chi connectivity index (χ3n) is 17.0. The molecule has 0 fully saturated rings. The molecule has 1 spiro atoms. The molecule has 12 aromatic carbocycles. The topological polar surface area (TPSA) is 32.8 Å². The molecule has 372 valence electrons. The van der Waals surface area contributed by atoms with E-state index in [0.717, 1.165) is 99.9 Å². The molecule has 4 heteroatoms. The van der Waals surface area contributed by atoms with Crippen molar-refractivity contribution in [3.63, 3.8) is 0 Å². The van der Waals surface area contributed by atoms with Crippen molar-refractivity contribution < 1.29 is 8.83 Å². The fraction of sp³-hybridized carbons (Fsp3) is 0.0400. The van der Waals surface area contributed by atoms with Crippen LogP contribution in [0.5, 0.6) is 0 Å². The van der Waals surface area contributed by atoms with Crippen LogP contribution in [0.2, 0.25) is 0 Å². The standard InChI is InChI=1S/C75H50N2O2/c1-5-47-33-40-65-70(54(47)6-2)63-23-7-10-26-64(63)75(65)71-55-38-34-52(76(50-19-13-17-45(3)41-50)66-27-15-24-61-57-21-8-11-29-68(57)78-73(61)66)43-48(55)31-36-59(71)60-37-32-49-44-53(35-39-56(49)72(60)75)77(51-20-14-18-46(4)42-51)67-28-16-25-62-58-22-9-12-30-69(58)79-74(62)67/h5-44H,1-2H2,3-4H3. The summed E-state index contributed by atoms with van der Waals surface area (Å²) in [5.74, 6) is 0. The number of hydrogen-bond donors (Lipinski definition) is 0. The third-order valence-corrected chi connectivity index (χ3v) is 17.0. The second-order valence-electron chi connectivity index (χ2n) is 21.3. The Morgan fingerprint density at radius 2 is 0.873 bits per heavy atom. The highest BCUT2D eigenvalue weighted by molar-refractivity contribution is 6.14. The van der Waals surface area contributed by atoms with Crippen LogP contribution in [0.3, 0.4) is 0 Å². The molecule has 0 saturated heterocycles. The maximum absolute atomic E-state index is 6.76. The third kappa shape index (κ3) is 6.31. The van der Waals surface area contributed by atoms with E-state index in [1.165, 1.54) is 66.4 Å². The second kappa shape index (κ2) is 16.9. The minimum atomic E-state index is -0.706. The van der Waals surface area contributed by atoms with Gasteiger partial charge in [0, 0.05) is 44.3 Å². The zero-order chi connectivity index (χ0) is 52.7. The van der Waals surface area contributed by atoms with Crippen molar-refractivity contribution in [3.8, 4) is 22.3 Å². The molecule has 0 radical (unpaired) electrons. The first kappa shape index (κ1) is 45.1. The van der Waals surface area contributed by atoms with Crippen LogP contribution < -0.4 is 9.80 Å². The molecule has 79 heavy (non-hydrogen) atoms. The van der Waals surface area contributed by atoms with Gasteiger partial charge in [0.05, 0.1) is 16.8 Å². The predicted molar refractivity (Wildman–Crippen MR) is 331 cm³/mol. The summed E-state index contributed by atoms with van der Waals surface area (Å²) >= 11 is 0. The van der Waals surface area contributed by atoms with Gasteiger partial charge >= 0.3 is 0 Å². The van der Waals surface area contributed by atoms with Gasteiger partial charge in [-0.1, -0.05) is 183 Å². The fourth-order valence-corrected chi connectivity index (χ4v) is 13.8. The quantitative estimate of drug-likeness (QED) is 0.152. The van der Waals surface area contributed by atoms with Gasteiger partial charge in [-0.2, -0.15) is 0 Å². The Hall–Kier alpha value is -10.2. The van der Waals surface area contributed by atoms with Crippen LogP contribution in [0.15, 0.2) is 253 Å². The zero-order valence-corrected chi connectivity index (χ0v) is 43.7. The maximum Gasteiger partial charge on any atom is 0.159 e. The average Bonchev–Trinajstić information content (AvgIpc) is 3.57. The number of hydrogen-bond acceptors (Lipinski definition) is 4. The lowest BCUT2D eigenvalue weighted by atomic mass is 9.68. The molecule has 0 atom stereocenters. The second-order valence-corrected chi connectivity index (χ2v) is 21.3. The van der Waals surface area contributed by atoms with Crippen LogP contribution in [0.25, 0.3) is 99.8 Å². The lowest BCUT2D eigenvalue weighted by Gasteiger charge is -2.33. The normalized spacial score (nSPS) is 12.9. The first-order chi connectivity index (χ1) is 38.9. The van der Waals surface area contributed by atoms with Crippen molar-refractivity contribution in [2.75, 3.05) is 9.80 Å². The Morgan fingerprint density at radius 1 is 0.380 bits per heavy atom. The van der Waals surface area contributed by atoms with Crippen LogP contribution in [0.1, 0.15) is 44.5 Å². The van der Waals surface area contributed by atoms with Crippen molar-refractivity contribution in [2.24, 2.45) is 0 Å². The van der Waals surface area contributed by atoms with Crippen molar-refractivity contribution in [3.05, 3.63) is 288 Å². The van der Waals surface area contributed by atoms with Crippen molar-refractivity contribution >= 4 is 112 Å². The molecule has 2 aliphatic carbocycles. The lowest BCUT2D eigenvalue weighted by Crippen LogP contribution is -2.26. The summed E-state index contributed by atoms with van der Waals surface area (Å²) in [6.45, 7) is 13.1. The molecule has 0 unspecified atom stereocenters. The van der Waals surface area contributed by atoms with E-state index in [0.29, 0.717) is 0 Å². The zero-order valence-electron chi connectivity index (χ0n) is 43.7. The molecule has 0 saturated carbocycles. The molecule has 4 nitrogen and oxygen atoms in total. The summed E-state index contributed by atoms with van der Waals surface area (Å²) < 4.78 is 13.5. The smallest absolute Gasteiger partial charge is 0.159 e. The van der Waals surface area contributed by atoms with Gasteiger partial charge in [-0.25, -0.2) is 0 Å². The molecule has 0 aliphatic heterocycles. The highest BCUT2D eigenvalue weighted by atomic mass is 16.3. The van der Waals surface area contributed by atoms with Gasteiger partial charge in [0.1, 0.15) is 11.2 Å². The Labute approximate surface area is 457 Å². The van der Waals surface area contributed by atoms with E-state index in [-0.39, 0.29) is 0 Å². The summed E-state index contributed by atoms with van der Waals surface area (Å²) in [5.41, 5.74) is 23.4. The number of furan rings is 2. The Bertz CT molecular complexity index is 4700. The first-order valence-electron chi connectivity index (χ1n) is 27.1. The van der Waals surface area contributed by atoms with Crippen LogP contribution in [-0.4, -0.2) is 0 Å². The van der Waals surface area contributed by atoms with E-state index >= 15 is 0 Å². The summed E-state index contributed by atoms with van der Waals surface area (Å²) in [6, 6.07) is 84.4. The number of anilines is 6. The molecule has 16 rings (SSSR count). The van der Waals surface area contributed by atoms with E-state index in [9.17, 15) is 0 Å². The maximum atomic E-state index is 6.76. The van der Waals surface area contributed by atoms with E-state index in [4.69, 9.17) is 8.83 Å². The molecule has 0 N–H and O–H groups in total. The summed E-state index contributed by atoms with van der Waals surface area (Å²) in [6.07, 6.45) is 3.99. The number of aryl methyl sites for hydroxylation is 2. The van der Waals surface area contributed by atoms with Crippen LogP contribution in [0.4, 0.5) is 34.1 Å². The SMILES string of the molecule is C=Cc1ccc2c(c1C=C)-c1ccccc1C21c2c(ccc3cc(N(c4cccc(C)c4)c4cccc5c4oc4ccccc45)ccc23)-c2ccc3cc(N(c4cccc(C)c4)c4cccc5c4oc4ccccc45)ccc3c21. The molecular weight excluding hydrogens is 961 g/mol. The Balaban J connectivity index is 0.953. The average molecular weight is 1010 g/mol. The molecule has 2 aliphatic rings. The molecule has 0 bridgehead atoms. The van der Waals surface area contributed by atoms with Gasteiger partial charge in [-0.05, 0) is 175 Å². The minimum Gasteiger partial charge on any atom is -0.454 e. The number of nitrogens with zero attached hydrogens (tertiary/aromatic N) is 2. The van der Waals surface area contributed by atoms with Gasteiger partial charge in [0.25, 0.3) is 0 Å². The molecule has 0 amide bonds. The lowest BCUT2D eigenvalue weighted by molar-refractivity contribution is 0.668. The van der Waals surface area contributed by atoms with Crippen LogP contribution in [0, 0.1) is 13.8 Å². The van der Waals surface area contributed by atoms with E-state index in [2.05, 4.69) is 255 Å². The molecule has 2 heterocycles. The van der Waals surface area contributed by atoms with Gasteiger partial charge in [0.2, 0.25) is 0 Å².